The van der Waals surface area contributed by atoms with E-state index < -0.39 is 11.7 Å². The van der Waals surface area contributed by atoms with E-state index in [4.69, 9.17) is 0 Å². The number of benzene rings is 1. The Kier molecular flexibility index (Phi) is 2.93. The van der Waals surface area contributed by atoms with Crippen molar-refractivity contribution in [2.75, 3.05) is 13.1 Å². The third-order valence-electron chi connectivity index (χ3n) is 3.04. The van der Waals surface area contributed by atoms with E-state index in [1.54, 1.807) is 13.0 Å². The van der Waals surface area contributed by atoms with E-state index in [-0.39, 0.29) is 0 Å². The predicted molar refractivity (Wildman–Crippen MR) is 56.2 cm³/mol. The highest BCUT2D eigenvalue weighted by Gasteiger charge is 2.30. The van der Waals surface area contributed by atoms with Crippen molar-refractivity contribution in [1.29, 1.82) is 0 Å². The molecule has 16 heavy (non-hydrogen) atoms. The van der Waals surface area contributed by atoms with Gasteiger partial charge in [-0.15, -0.1) is 0 Å². The van der Waals surface area contributed by atoms with Crippen LogP contribution in [0.5, 0.6) is 0 Å². The van der Waals surface area contributed by atoms with Gasteiger partial charge in [-0.2, -0.15) is 13.2 Å². The van der Waals surface area contributed by atoms with E-state index in [2.05, 4.69) is 5.32 Å². The van der Waals surface area contributed by atoms with E-state index in [1.165, 1.54) is 12.1 Å². The maximum Gasteiger partial charge on any atom is 0.416 e. The zero-order chi connectivity index (χ0) is 11.8. The quantitative estimate of drug-likeness (QED) is 0.822. The molecular weight excluding hydrogens is 215 g/mol. The fraction of sp³-hybridized carbons (Fsp3) is 0.500. The Morgan fingerprint density at radius 3 is 2.44 bits per heavy atom. The Labute approximate surface area is 92.7 Å². The third kappa shape index (κ3) is 2.38. The van der Waals surface area contributed by atoms with Gasteiger partial charge >= 0.3 is 6.18 Å². The zero-order valence-corrected chi connectivity index (χ0v) is 9.06. The molecule has 0 atom stereocenters. The van der Waals surface area contributed by atoms with Crippen molar-refractivity contribution in [3.63, 3.8) is 0 Å². The second-order valence-corrected chi connectivity index (χ2v) is 4.37. The summed E-state index contributed by atoms with van der Waals surface area (Å²) in [5.41, 5.74) is 1.21. The van der Waals surface area contributed by atoms with Gasteiger partial charge in [0.05, 0.1) is 5.56 Å². The molecule has 1 N–H and O–H groups in total. The topological polar surface area (TPSA) is 12.0 Å². The Hall–Kier alpha value is -1.03. The molecule has 1 fully saturated rings. The molecular formula is C12H14F3N. The molecule has 1 aromatic rings. The molecule has 1 aliphatic rings. The summed E-state index contributed by atoms with van der Waals surface area (Å²) in [6.45, 7) is 3.69. The lowest BCUT2D eigenvalue weighted by Crippen LogP contribution is -2.43. The molecule has 88 valence electrons. The van der Waals surface area contributed by atoms with Crippen LogP contribution < -0.4 is 5.32 Å². The highest BCUT2D eigenvalue weighted by atomic mass is 19.4. The Bertz CT molecular complexity index is 380. The van der Waals surface area contributed by atoms with Crippen molar-refractivity contribution in [3.8, 4) is 0 Å². The number of aryl methyl sites for hydroxylation is 1. The molecule has 4 heteroatoms. The molecule has 0 radical (unpaired) electrons. The van der Waals surface area contributed by atoms with Gasteiger partial charge in [0.15, 0.2) is 0 Å². The van der Waals surface area contributed by atoms with Crippen LogP contribution in [0.2, 0.25) is 0 Å². The van der Waals surface area contributed by atoms with E-state index in [0.29, 0.717) is 5.92 Å². The van der Waals surface area contributed by atoms with Gasteiger partial charge in [-0.1, -0.05) is 6.07 Å². The van der Waals surface area contributed by atoms with Crippen LogP contribution >= 0.6 is 0 Å². The number of halogens is 3. The number of hydrogen-bond acceptors (Lipinski definition) is 1. The van der Waals surface area contributed by atoms with E-state index in [9.17, 15) is 13.2 Å². The van der Waals surface area contributed by atoms with Crippen LogP contribution in [0.15, 0.2) is 18.2 Å². The number of nitrogens with one attached hydrogen (secondary N) is 1. The van der Waals surface area contributed by atoms with Crippen LogP contribution in [0.3, 0.4) is 0 Å². The molecule has 0 bridgehead atoms. The summed E-state index contributed by atoms with van der Waals surface area (Å²) >= 11 is 0. The van der Waals surface area contributed by atoms with Gasteiger partial charge in [-0.3, -0.25) is 0 Å². The monoisotopic (exact) mass is 229 g/mol. The minimum Gasteiger partial charge on any atom is -0.316 e. The van der Waals surface area contributed by atoms with Crippen molar-refractivity contribution in [2.45, 2.75) is 19.5 Å². The molecule has 1 heterocycles. The normalized spacial score (nSPS) is 17.2. The first-order valence-electron chi connectivity index (χ1n) is 5.34. The fourth-order valence-electron chi connectivity index (χ4n) is 1.91. The zero-order valence-electron chi connectivity index (χ0n) is 9.06. The first kappa shape index (κ1) is 11.5. The predicted octanol–water partition coefficient (Wildman–Crippen LogP) is 2.78. The minimum absolute atomic E-state index is 0.555. The second-order valence-electron chi connectivity index (χ2n) is 4.37. The molecule has 1 saturated heterocycles. The average molecular weight is 229 g/mol. The van der Waals surface area contributed by atoms with Gasteiger partial charge in [0.25, 0.3) is 0 Å². The van der Waals surface area contributed by atoms with Gasteiger partial charge in [0, 0.05) is 0 Å². The Morgan fingerprint density at radius 2 is 2.00 bits per heavy atom. The standard InChI is InChI=1S/C12H14F3N/c1-8-4-11(12(13,14)15)3-2-10(8)5-9-6-16-7-9/h2-4,9,16H,5-7H2,1H3. The molecule has 0 amide bonds. The van der Waals surface area contributed by atoms with Crippen LogP contribution in [0, 0.1) is 12.8 Å². The minimum atomic E-state index is -4.23. The van der Waals surface area contributed by atoms with Gasteiger partial charge in [-0.05, 0) is 55.6 Å². The average Bonchev–Trinajstić information content (AvgIpc) is 2.11. The molecule has 0 aliphatic carbocycles. The SMILES string of the molecule is Cc1cc(C(F)(F)F)ccc1CC1CNC1. The van der Waals surface area contributed by atoms with Crippen LogP contribution in [0.25, 0.3) is 0 Å². The number of rotatable bonds is 2. The highest BCUT2D eigenvalue weighted by Crippen LogP contribution is 2.31. The Morgan fingerprint density at radius 1 is 1.31 bits per heavy atom. The maximum absolute atomic E-state index is 12.4. The van der Waals surface area contributed by atoms with Crippen molar-refractivity contribution in [2.24, 2.45) is 5.92 Å². The summed E-state index contributed by atoms with van der Waals surface area (Å²) < 4.78 is 37.3. The first-order chi connectivity index (χ1) is 7.47. The molecule has 0 spiro atoms. The lowest BCUT2D eigenvalue weighted by molar-refractivity contribution is -0.137. The molecule has 1 nitrogen and oxygen atoms in total. The van der Waals surface area contributed by atoms with Gasteiger partial charge in [0.2, 0.25) is 0 Å². The van der Waals surface area contributed by atoms with Crippen molar-refractivity contribution >= 4 is 0 Å². The van der Waals surface area contributed by atoms with Crippen molar-refractivity contribution < 1.29 is 13.2 Å². The second kappa shape index (κ2) is 4.09. The summed E-state index contributed by atoms with van der Waals surface area (Å²) in [5, 5.41) is 3.16. The summed E-state index contributed by atoms with van der Waals surface area (Å²) in [4.78, 5) is 0. The molecule has 2 rings (SSSR count). The van der Waals surface area contributed by atoms with Crippen LogP contribution in [-0.4, -0.2) is 13.1 Å². The first-order valence-corrected chi connectivity index (χ1v) is 5.34. The largest absolute Gasteiger partial charge is 0.416 e. The summed E-state index contributed by atoms with van der Waals surface area (Å²) in [7, 11) is 0. The highest BCUT2D eigenvalue weighted by molar-refractivity contribution is 5.33. The number of alkyl halides is 3. The van der Waals surface area contributed by atoms with E-state index in [1.807, 2.05) is 0 Å². The van der Waals surface area contributed by atoms with Gasteiger partial charge in [0.1, 0.15) is 0 Å². The maximum atomic E-state index is 12.4. The van der Waals surface area contributed by atoms with Crippen molar-refractivity contribution in [1.82, 2.24) is 5.32 Å². The lowest BCUT2D eigenvalue weighted by atomic mass is 9.91. The van der Waals surface area contributed by atoms with E-state index >= 15 is 0 Å². The van der Waals surface area contributed by atoms with Crippen molar-refractivity contribution in [3.05, 3.63) is 34.9 Å². The van der Waals surface area contributed by atoms with Gasteiger partial charge < -0.3 is 5.32 Å². The molecule has 0 unspecified atom stereocenters. The molecule has 1 aromatic carbocycles. The summed E-state index contributed by atoms with van der Waals surface area (Å²) in [6, 6.07) is 4.02. The van der Waals surface area contributed by atoms with Gasteiger partial charge in [-0.25, -0.2) is 0 Å². The smallest absolute Gasteiger partial charge is 0.316 e. The van der Waals surface area contributed by atoms with Crippen LogP contribution in [0.1, 0.15) is 16.7 Å². The fourth-order valence-corrected chi connectivity index (χ4v) is 1.91. The molecule has 0 aromatic heterocycles. The third-order valence-corrected chi connectivity index (χ3v) is 3.04. The number of hydrogen-bond donors (Lipinski definition) is 1. The summed E-state index contributed by atoms with van der Waals surface area (Å²) in [6.07, 6.45) is -3.36. The lowest BCUT2D eigenvalue weighted by Gasteiger charge is -2.27. The van der Waals surface area contributed by atoms with E-state index in [0.717, 1.165) is 30.6 Å². The Balaban J connectivity index is 2.15. The summed E-state index contributed by atoms with van der Waals surface area (Å²) in [5.74, 6) is 0.579. The molecule has 1 aliphatic heterocycles. The van der Waals surface area contributed by atoms with Crippen LogP contribution in [0.4, 0.5) is 13.2 Å². The van der Waals surface area contributed by atoms with Crippen LogP contribution in [-0.2, 0) is 12.6 Å². The molecule has 0 saturated carbocycles.